The number of carbonyl (C=O) groups excluding carboxylic acids is 1. The molecule has 20 heavy (non-hydrogen) atoms. The molecule has 1 aromatic rings. The van der Waals surface area contributed by atoms with E-state index in [4.69, 9.17) is 4.74 Å². The van der Waals surface area contributed by atoms with Gasteiger partial charge in [-0.1, -0.05) is 6.92 Å². The first-order chi connectivity index (χ1) is 9.15. The fourth-order valence-corrected chi connectivity index (χ4v) is 2.29. The second-order valence-corrected chi connectivity index (χ2v) is 5.28. The number of amides is 1. The Morgan fingerprint density at radius 2 is 2.00 bits per heavy atom. The van der Waals surface area contributed by atoms with Gasteiger partial charge in [0.05, 0.1) is 12.9 Å². The number of hydrogen-bond acceptors (Lipinski definition) is 4. The molecular weight excluding hydrogens is 296 g/mol. The van der Waals surface area contributed by atoms with E-state index in [0.29, 0.717) is 18.3 Å². The molecule has 1 atom stereocenters. The second kappa shape index (κ2) is 10.8. The molecule has 0 unspecified atom stereocenters. The minimum atomic E-state index is 0. The second-order valence-electron chi connectivity index (χ2n) is 4.23. The fraction of sp³-hybridized carbons (Fsp3) is 0.500. The molecule has 1 rings (SSSR count). The predicted molar refractivity (Wildman–Crippen MR) is 87.1 cm³/mol. The van der Waals surface area contributed by atoms with Crippen molar-refractivity contribution in [3.63, 3.8) is 0 Å². The molecular formula is C14H23ClN2O2S. The molecule has 1 aromatic carbocycles. The summed E-state index contributed by atoms with van der Waals surface area (Å²) in [5.74, 6) is 1.32. The molecule has 0 saturated heterocycles. The molecule has 4 nitrogen and oxygen atoms in total. The largest absolute Gasteiger partial charge is 0.497 e. The lowest BCUT2D eigenvalue weighted by atomic mass is 10.3. The average molecular weight is 319 g/mol. The van der Waals surface area contributed by atoms with Gasteiger partial charge in [-0.25, -0.2) is 0 Å². The van der Waals surface area contributed by atoms with Gasteiger partial charge in [-0.15, -0.1) is 24.2 Å². The fourth-order valence-electron chi connectivity index (χ4n) is 1.56. The summed E-state index contributed by atoms with van der Waals surface area (Å²) in [7, 11) is 1.64. The lowest BCUT2D eigenvalue weighted by molar-refractivity contribution is -0.118. The Labute approximate surface area is 131 Å². The third-order valence-electron chi connectivity index (χ3n) is 2.59. The van der Waals surface area contributed by atoms with Gasteiger partial charge < -0.3 is 15.4 Å². The minimum absolute atomic E-state index is 0. The van der Waals surface area contributed by atoms with Crippen LogP contribution in [0.15, 0.2) is 29.2 Å². The van der Waals surface area contributed by atoms with Crippen molar-refractivity contribution in [2.75, 3.05) is 26.0 Å². The number of carbonyl (C=O) groups is 1. The average Bonchev–Trinajstić information content (AvgIpc) is 2.44. The van der Waals surface area contributed by atoms with Crippen molar-refractivity contribution in [3.05, 3.63) is 24.3 Å². The topological polar surface area (TPSA) is 50.4 Å². The first-order valence-electron chi connectivity index (χ1n) is 6.42. The predicted octanol–water partition coefficient (Wildman–Crippen LogP) is 2.32. The zero-order chi connectivity index (χ0) is 14.1. The summed E-state index contributed by atoms with van der Waals surface area (Å²) < 4.78 is 5.09. The number of nitrogens with one attached hydrogen (secondary N) is 2. The van der Waals surface area contributed by atoms with Gasteiger partial charge >= 0.3 is 0 Å². The highest BCUT2D eigenvalue weighted by molar-refractivity contribution is 8.00. The highest BCUT2D eigenvalue weighted by Gasteiger charge is 2.05. The Hall–Kier alpha value is -0.910. The summed E-state index contributed by atoms with van der Waals surface area (Å²) in [6.45, 7) is 5.69. The number of hydrogen-bond donors (Lipinski definition) is 2. The van der Waals surface area contributed by atoms with Crippen LogP contribution in [-0.4, -0.2) is 37.9 Å². The summed E-state index contributed by atoms with van der Waals surface area (Å²) in [5.41, 5.74) is 0. The molecule has 0 saturated carbocycles. The number of ether oxygens (including phenoxy) is 1. The molecule has 0 aliphatic rings. The molecule has 0 aliphatic carbocycles. The van der Waals surface area contributed by atoms with Crippen LogP contribution in [0.2, 0.25) is 0 Å². The SMILES string of the molecule is CCN[C@H](C)CNC(=O)CSc1ccc(OC)cc1.Cl. The van der Waals surface area contributed by atoms with Crippen LogP contribution in [0.25, 0.3) is 0 Å². The third-order valence-corrected chi connectivity index (χ3v) is 3.60. The van der Waals surface area contributed by atoms with E-state index in [1.807, 2.05) is 24.3 Å². The summed E-state index contributed by atoms with van der Waals surface area (Å²) in [4.78, 5) is 12.7. The van der Waals surface area contributed by atoms with Crippen LogP contribution >= 0.6 is 24.2 Å². The normalized spacial score (nSPS) is 11.3. The third kappa shape index (κ3) is 7.62. The van der Waals surface area contributed by atoms with Crippen LogP contribution < -0.4 is 15.4 Å². The van der Waals surface area contributed by atoms with Gasteiger partial charge in [0, 0.05) is 17.5 Å². The van der Waals surface area contributed by atoms with Crippen LogP contribution in [0.5, 0.6) is 5.75 Å². The standard InChI is InChI=1S/C14H22N2O2S.ClH/c1-4-15-11(2)9-16-14(17)10-19-13-7-5-12(18-3)6-8-13;/h5-8,11,15H,4,9-10H2,1-3H3,(H,16,17);1H/t11-;/m1./s1. The summed E-state index contributed by atoms with van der Waals surface area (Å²) in [6.07, 6.45) is 0. The molecule has 0 fully saturated rings. The van der Waals surface area contributed by atoms with E-state index in [-0.39, 0.29) is 18.3 Å². The van der Waals surface area contributed by atoms with Crippen molar-refractivity contribution in [3.8, 4) is 5.75 Å². The Balaban J connectivity index is 0.00000361. The molecule has 0 aromatic heterocycles. The lowest BCUT2D eigenvalue weighted by Gasteiger charge is -2.13. The van der Waals surface area contributed by atoms with Gasteiger partial charge in [0.1, 0.15) is 5.75 Å². The minimum Gasteiger partial charge on any atom is -0.497 e. The highest BCUT2D eigenvalue weighted by atomic mass is 35.5. The smallest absolute Gasteiger partial charge is 0.230 e. The van der Waals surface area contributed by atoms with E-state index in [1.165, 1.54) is 11.8 Å². The van der Waals surface area contributed by atoms with Crippen molar-refractivity contribution >= 4 is 30.1 Å². The molecule has 6 heteroatoms. The molecule has 0 aliphatic heterocycles. The maximum atomic E-state index is 11.7. The Morgan fingerprint density at radius 1 is 1.35 bits per heavy atom. The van der Waals surface area contributed by atoms with E-state index >= 15 is 0 Å². The number of benzene rings is 1. The van der Waals surface area contributed by atoms with E-state index in [2.05, 4.69) is 24.5 Å². The van der Waals surface area contributed by atoms with Crippen LogP contribution in [-0.2, 0) is 4.79 Å². The monoisotopic (exact) mass is 318 g/mol. The number of likely N-dealkylation sites (N-methyl/N-ethyl adjacent to an activating group) is 1. The number of thioether (sulfide) groups is 1. The lowest BCUT2D eigenvalue weighted by Crippen LogP contribution is -2.39. The van der Waals surface area contributed by atoms with Crippen molar-refractivity contribution in [1.82, 2.24) is 10.6 Å². The molecule has 2 N–H and O–H groups in total. The van der Waals surface area contributed by atoms with Gasteiger partial charge in [0.15, 0.2) is 0 Å². The molecule has 1 amide bonds. The molecule has 114 valence electrons. The van der Waals surface area contributed by atoms with Gasteiger partial charge in [-0.2, -0.15) is 0 Å². The number of halogens is 1. The Kier molecular flexibility index (Phi) is 10.3. The molecule has 0 bridgehead atoms. The van der Waals surface area contributed by atoms with E-state index in [1.54, 1.807) is 7.11 Å². The Bertz CT molecular complexity index is 387. The Morgan fingerprint density at radius 3 is 2.55 bits per heavy atom. The van der Waals surface area contributed by atoms with Crippen molar-refractivity contribution < 1.29 is 9.53 Å². The summed E-state index contributed by atoms with van der Waals surface area (Å²) in [6, 6.07) is 8.01. The summed E-state index contributed by atoms with van der Waals surface area (Å²) in [5, 5.41) is 6.16. The quantitative estimate of drug-likeness (QED) is 0.722. The van der Waals surface area contributed by atoms with Crippen molar-refractivity contribution in [2.45, 2.75) is 24.8 Å². The van der Waals surface area contributed by atoms with Crippen LogP contribution in [0.3, 0.4) is 0 Å². The van der Waals surface area contributed by atoms with E-state index in [0.717, 1.165) is 17.2 Å². The van der Waals surface area contributed by atoms with Crippen LogP contribution in [0.4, 0.5) is 0 Å². The maximum Gasteiger partial charge on any atom is 0.230 e. The first-order valence-corrected chi connectivity index (χ1v) is 7.41. The molecule has 0 heterocycles. The maximum absolute atomic E-state index is 11.7. The summed E-state index contributed by atoms with van der Waals surface area (Å²) >= 11 is 1.52. The molecule has 0 spiro atoms. The number of methoxy groups -OCH3 is 1. The van der Waals surface area contributed by atoms with E-state index in [9.17, 15) is 4.79 Å². The highest BCUT2D eigenvalue weighted by Crippen LogP contribution is 2.20. The zero-order valence-electron chi connectivity index (χ0n) is 12.1. The van der Waals surface area contributed by atoms with Crippen molar-refractivity contribution in [2.24, 2.45) is 0 Å². The van der Waals surface area contributed by atoms with Gasteiger partial charge in [-0.05, 0) is 37.7 Å². The van der Waals surface area contributed by atoms with Gasteiger partial charge in [-0.3, -0.25) is 4.79 Å². The van der Waals surface area contributed by atoms with Gasteiger partial charge in [0.2, 0.25) is 5.91 Å². The van der Waals surface area contributed by atoms with Gasteiger partial charge in [0.25, 0.3) is 0 Å². The van der Waals surface area contributed by atoms with Crippen LogP contribution in [0.1, 0.15) is 13.8 Å². The molecule has 0 radical (unpaired) electrons. The first kappa shape index (κ1) is 19.1. The van der Waals surface area contributed by atoms with Crippen LogP contribution in [0, 0.1) is 0 Å². The number of rotatable bonds is 8. The van der Waals surface area contributed by atoms with Crippen molar-refractivity contribution in [1.29, 1.82) is 0 Å². The van der Waals surface area contributed by atoms with E-state index < -0.39 is 0 Å². The zero-order valence-corrected chi connectivity index (χ0v) is 13.8.